The third-order valence-electron chi connectivity index (χ3n) is 5.34. The maximum absolute atomic E-state index is 12.4. The van der Waals surface area contributed by atoms with E-state index in [1.54, 1.807) is 60.7 Å². The Bertz CT molecular complexity index is 1360. The molecule has 3 amide bonds. The van der Waals surface area contributed by atoms with Crippen LogP contribution in [0.15, 0.2) is 65.8 Å². The second kappa shape index (κ2) is 15.1. The average Bonchev–Trinajstić information content (AvgIpc) is 2.94. The normalized spacial score (nSPS) is 10.6. The lowest BCUT2D eigenvalue weighted by Gasteiger charge is -2.13. The summed E-state index contributed by atoms with van der Waals surface area (Å²) in [5.41, 5.74) is 4.56. The number of rotatable bonds is 12. The number of benzene rings is 3. The highest BCUT2D eigenvalue weighted by molar-refractivity contribution is 6.39. The first-order valence-corrected chi connectivity index (χ1v) is 13.0. The quantitative estimate of drug-likeness (QED) is 0.162. The minimum atomic E-state index is -0.937. The van der Waals surface area contributed by atoms with E-state index < -0.39 is 11.8 Å². The molecule has 3 rings (SSSR count). The van der Waals surface area contributed by atoms with Gasteiger partial charge in [0.1, 0.15) is 5.75 Å². The monoisotopic (exact) mass is 566 g/mol. The number of hydrogen-bond acceptors (Lipinski definition) is 7. The van der Waals surface area contributed by atoms with E-state index in [1.807, 2.05) is 20.8 Å². The second-order valence-electron chi connectivity index (χ2n) is 8.41. The third-order valence-corrected chi connectivity index (χ3v) is 5.75. The Balaban J connectivity index is 1.53. The molecule has 0 heterocycles. The summed E-state index contributed by atoms with van der Waals surface area (Å²) >= 11 is 6.10. The third kappa shape index (κ3) is 9.02. The molecule has 0 aliphatic heterocycles. The number of hydrogen-bond donors (Lipinski definition) is 3. The summed E-state index contributed by atoms with van der Waals surface area (Å²) in [6.45, 7) is 6.32. The van der Waals surface area contributed by atoms with Crippen LogP contribution in [0.1, 0.15) is 31.4 Å². The van der Waals surface area contributed by atoms with E-state index in [0.29, 0.717) is 52.4 Å². The Hall–Kier alpha value is -4.57. The Morgan fingerprint density at radius 3 is 2.40 bits per heavy atom. The van der Waals surface area contributed by atoms with Gasteiger partial charge in [0.05, 0.1) is 19.4 Å². The lowest BCUT2D eigenvalue weighted by molar-refractivity contribution is -0.136. The number of carbonyl (C=O) groups excluding carboxylic acids is 3. The summed E-state index contributed by atoms with van der Waals surface area (Å²) in [5, 5.41) is 9.66. The molecule has 210 valence electrons. The number of nitrogens with one attached hydrogen (secondary N) is 3. The Kier molecular flexibility index (Phi) is 11.3. The van der Waals surface area contributed by atoms with Crippen molar-refractivity contribution in [3.8, 4) is 17.2 Å². The predicted octanol–water partition coefficient (Wildman–Crippen LogP) is 4.94. The van der Waals surface area contributed by atoms with E-state index in [-0.39, 0.29) is 12.5 Å². The maximum atomic E-state index is 12.4. The zero-order valence-corrected chi connectivity index (χ0v) is 23.2. The SMILES string of the molecule is CCCOc1ccc(NC(=O)C(=O)N/N=C\c2ccc(OCC(=O)Nc3cccc(Cl)c3C)c(OCC)c2)cc1. The minimum absolute atomic E-state index is 0.251. The van der Waals surface area contributed by atoms with Crippen molar-refractivity contribution < 1.29 is 28.6 Å². The van der Waals surface area contributed by atoms with E-state index in [2.05, 4.69) is 21.2 Å². The number of nitrogens with zero attached hydrogens (tertiary/aromatic N) is 1. The van der Waals surface area contributed by atoms with Gasteiger partial charge in [-0.05, 0) is 86.0 Å². The minimum Gasteiger partial charge on any atom is -0.494 e. The van der Waals surface area contributed by atoms with Crippen LogP contribution in [0.3, 0.4) is 0 Å². The van der Waals surface area contributed by atoms with E-state index in [1.165, 1.54) is 6.21 Å². The zero-order chi connectivity index (χ0) is 28.9. The van der Waals surface area contributed by atoms with E-state index in [9.17, 15) is 14.4 Å². The van der Waals surface area contributed by atoms with Crippen LogP contribution in [0.25, 0.3) is 0 Å². The molecule has 3 aromatic rings. The Morgan fingerprint density at radius 1 is 0.900 bits per heavy atom. The van der Waals surface area contributed by atoms with Crippen molar-refractivity contribution in [3.05, 3.63) is 76.8 Å². The van der Waals surface area contributed by atoms with Crippen molar-refractivity contribution in [2.24, 2.45) is 5.10 Å². The molecule has 40 heavy (non-hydrogen) atoms. The van der Waals surface area contributed by atoms with Gasteiger partial charge < -0.3 is 24.8 Å². The first-order chi connectivity index (χ1) is 19.3. The molecule has 11 heteroatoms. The number of ether oxygens (including phenoxy) is 3. The first kappa shape index (κ1) is 30.0. The van der Waals surface area contributed by atoms with Crippen LogP contribution in [0.2, 0.25) is 5.02 Å². The van der Waals surface area contributed by atoms with Gasteiger partial charge >= 0.3 is 11.8 Å². The van der Waals surface area contributed by atoms with Crippen molar-refractivity contribution in [2.45, 2.75) is 27.2 Å². The summed E-state index contributed by atoms with van der Waals surface area (Å²) in [6, 6.07) is 16.8. The van der Waals surface area contributed by atoms with Crippen LogP contribution >= 0.6 is 11.6 Å². The lowest BCUT2D eigenvalue weighted by Crippen LogP contribution is -2.32. The average molecular weight is 567 g/mol. The van der Waals surface area contributed by atoms with Gasteiger partial charge in [0.25, 0.3) is 5.91 Å². The molecule has 3 aromatic carbocycles. The number of anilines is 2. The van der Waals surface area contributed by atoms with Crippen LogP contribution in [-0.4, -0.2) is 43.8 Å². The number of hydrazone groups is 1. The molecular formula is C29H31ClN4O6. The molecule has 0 saturated carbocycles. The number of halogens is 1. The first-order valence-electron chi connectivity index (χ1n) is 12.6. The van der Waals surface area contributed by atoms with E-state index >= 15 is 0 Å². The van der Waals surface area contributed by atoms with Gasteiger partial charge in [-0.25, -0.2) is 5.43 Å². The van der Waals surface area contributed by atoms with E-state index in [4.69, 9.17) is 25.8 Å². The Labute approximate surface area is 237 Å². The van der Waals surface area contributed by atoms with Crippen molar-refractivity contribution in [3.63, 3.8) is 0 Å². The van der Waals surface area contributed by atoms with Gasteiger partial charge in [-0.1, -0.05) is 24.6 Å². The van der Waals surface area contributed by atoms with E-state index in [0.717, 1.165) is 12.0 Å². The van der Waals surface area contributed by atoms with Crippen molar-refractivity contribution in [1.82, 2.24) is 5.43 Å². The zero-order valence-electron chi connectivity index (χ0n) is 22.5. The highest BCUT2D eigenvalue weighted by Gasteiger charge is 2.14. The molecule has 0 saturated heterocycles. The van der Waals surface area contributed by atoms with Crippen molar-refractivity contribution in [1.29, 1.82) is 0 Å². The molecular weight excluding hydrogens is 536 g/mol. The van der Waals surface area contributed by atoms with Crippen LogP contribution in [0, 0.1) is 6.92 Å². The van der Waals surface area contributed by atoms with Gasteiger partial charge in [-0.15, -0.1) is 0 Å². The second-order valence-corrected chi connectivity index (χ2v) is 8.82. The molecule has 0 unspecified atom stereocenters. The number of carbonyl (C=O) groups is 3. The van der Waals surface area contributed by atoms with Gasteiger partial charge in [-0.3, -0.25) is 14.4 Å². The van der Waals surface area contributed by atoms with Crippen molar-refractivity contribution >= 4 is 46.9 Å². The fraction of sp³-hybridized carbons (Fsp3) is 0.241. The van der Waals surface area contributed by atoms with Crippen LogP contribution in [0.4, 0.5) is 11.4 Å². The number of amides is 3. The smallest absolute Gasteiger partial charge is 0.329 e. The largest absolute Gasteiger partial charge is 0.494 e. The van der Waals surface area contributed by atoms with Gasteiger partial charge in [-0.2, -0.15) is 5.10 Å². The van der Waals surface area contributed by atoms with Gasteiger partial charge in [0.2, 0.25) is 0 Å². The highest BCUT2D eigenvalue weighted by atomic mass is 35.5. The molecule has 0 bridgehead atoms. The van der Waals surface area contributed by atoms with Crippen molar-refractivity contribution in [2.75, 3.05) is 30.5 Å². The van der Waals surface area contributed by atoms with Crippen LogP contribution < -0.4 is 30.3 Å². The molecule has 0 spiro atoms. The fourth-order valence-electron chi connectivity index (χ4n) is 3.32. The summed E-state index contributed by atoms with van der Waals surface area (Å²) in [5.74, 6) is -0.758. The molecule has 0 aliphatic carbocycles. The molecule has 0 radical (unpaired) electrons. The summed E-state index contributed by atoms with van der Waals surface area (Å²) in [4.78, 5) is 36.7. The van der Waals surface area contributed by atoms with Crippen LogP contribution in [-0.2, 0) is 14.4 Å². The molecule has 0 atom stereocenters. The molecule has 10 nitrogen and oxygen atoms in total. The topological polar surface area (TPSA) is 127 Å². The van der Waals surface area contributed by atoms with Gasteiger partial charge in [0, 0.05) is 16.4 Å². The highest BCUT2D eigenvalue weighted by Crippen LogP contribution is 2.28. The maximum Gasteiger partial charge on any atom is 0.329 e. The fourth-order valence-corrected chi connectivity index (χ4v) is 3.50. The molecule has 0 aliphatic rings. The van der Waals surface area contributed by atoms with Crippen LogP contribution in [0.5, 0.6) is 17.2 Å². The molecule has 0 fully saturated rings. The summed E-state index contributed by atoms with van der Waals surface area (Å²) < 4.78 is 16.8. The molecule has 3 N–H and O–H groups in total. The van der Waals surface area contributed by atoms with Gasteiger partial charge in [0.15, 0.2) is 18.1 Å². The predicted molar refractivity (Wildman–Crippen MR) is 155 cm³/mol. The summed E-state index contributed by atoms with van der Waals surface area (Å²) in [7, 11) is 0. The molecule has 0 aromatic heterocycles. The summed E-state index contributed by atoms with van der Waals surface area (Å²) in [6.07, 6.45) is 2.24. The lowest BCUT2D eigenvalue weighted by atomic mass is 10.2. The Morgan fingerprint density at radius 2 is 1.68 bits per heavy atom. The standard InChI is InChI=1S/C29H31ClN4O6/c1-4-15-39-22-12-10-21(11-13-22)32-28(36)29(37)34-31-17-20-9-14-25(26(16-20)38-5-2)40-18-27(35)33-24-8-6-7-23(30)19(24)3/h6-14,16-17H,4-5,15,18H2,1-3H3,(H,32,36)(H,33,35)(H,34,37)/b31-17-.